The number of rotatable bonds is 2. The van der Waals surface area contributed by atoms with Crippen LogP contribution in [0.5, 0.6) is 0 Å². The standard InChI is InChI=1S/C6H8N2O2S/c1-2-10-6(9)5-4(7)3-8-11-5/h3H,2,7H2,1H3. The lowest BCUT2D eigenvalue weighted by Crippen LogP contribution is -2.04. The zero-order valence-electron chi connectivity index (χ0n) is 6.03. The number of nitrogen functional groups attached to an aromatic ring is 1. The predicted octanol–water partition coefficient (Wildman–Crippen LogP) is 0.902. The number of esters is 1. The molecule has 0 saturated carbocycles. The zero-order valence-corrected chi connectivity index (χ0v) is 6.85. The van der Waals surface area contributed by atoms with Crippen molar-refractivity contribution in [1.82, 2.24) is 4.37 Å². The Hall–Kier alpha value is -1.10. The molecule has 1 aromatic heterocycles. The summed E-state index contributed by atoms with van der Waals surface area (Å²) in [7, 11) is 0. The fourth-order valence-electron chi connectivity index (χ4n) is 0.599. The van der Waals surface area contributed by atoms with Crippen molar-refractivity contribution >= 4 is 23.2 Å². The first-order valence-electron chi connectivity index (χ1n) is 3.13. The molecule has 0 spiro atoms. The fraction of sp³-hybridized carbons (Fsp3) is 0.333. The van der Waals surface area contributed by atoms with E-state index in [1.807, 2.05) is 0 Å². The third kappa shape index (κ3) is 1.68. The van der Waals surface area contributed by atoms with E-state index in [4.69, 9.17) is 10.5 Å². The Morgan fingerprint density at radius 2 is 2.64 bits per heavy atom. The van der Waals surface area contributed by atoms with Crippen LogP contribution in [0.1, 0.15) is 16.6 Å². The zero-order chi connectivity index (χ0) is 8.27. The van der Waals surface area contributed by atoms with Crippen LogP contribution in [0.4, 0.5) is 5.69 Å². The van der Waals surface area contributed by atoms with Crippen LogP contribution in [-0.4, -0.2) is 16.9 Å². The molecule has 0 radical (unpaired) electrons. The number of aromatic nitrogens is 1. The summed E-state index contributed by atoms with van der Waals surface area (Å²) >= 11 is 1.05. The molecule has 0 saturated heterocycles. The van der Waals surface area contributed by atoms with E-state index in [1.54, 1.807) is 6.92 Å². The Morgan fingerprint density at radius 3 is 3.09 bits per heavy atom. The number of carbonyl (C=O) groups excluding carboxylic acids is 1. The number of hydrogen-bond donors (Lipinski definition) is 1. The molecule has 0 aliphatic carbocycles. The van der Waals surface area contributed by atoms with E-state index >= 15 is 0 Å². The molecule has 11 heavy (non-hydrogen) atoms. The van der Waals surface area contributed by atoms with Crippen molar-refractivity contribution in [2.75, 3.05) is 12.3 Å². The largest absolute Gasteiger partial charge is 0.462 e. The molecule has 60 valence electrons. The van der Waals surface area contributed by atoms with Crippen LogP contribution in [0.2, 0.25) is 0 Å². The number of anilines is 1. The highest BCUT2D eigenvalue weighted by atomic mass is 32.1. The van der Waals surface area contributed by atoms with Gasteiger partial charge in [-0.3, -0.25) is 0 Å². The van der Waals surface area contributed by atoms with Crippen molar-refractivity contribution in [1.29, 1.82) is 0 Å². The van der Waals surface area contributed by atoms with E-state index in [-0.39, 0.29) is 0 Å². The lowest BCUT2D eigenvalue weighted by Gasteiger charge is -1.97. The lowest BCUT2D eigenvalue weighted by molar-refractivity contribution is 0.0533. The number of carbonyl (C=O) groups is 1. The molecule has 4 nitrogen and oxygen atoms in total. The van der Waals surface area contributed by atoms with Crippen LogP contribution in [0.3, 0.4) is 0 Å². The van der Waals surface area contributed by atoms with Crippen LogP contribution in [-0.2, 0) is 4.74 Å². The van der Waals surface area contributed by atoms with E-state index in [1.165, 1.54) is 6.20 Å². The maximum Gasteiger partial charge on any atom is 0.352 e. The topological polar surface area (TPSA) is 65.2 Å². The second-order valence-corrected chi connectivity index (χ2v) is 2.63. The number of nitrogens with zero attached hydrogens (tertiary/aromatic N) is 1. The molecule has 2 N–H and O–H groups in total. The fourth-order valence-corrected chi connectivity index (χ4v) is 1.16. The summed E-state index contributed by atoms with van der Waals surface area (Å²) in [5.74, 6) is -0.396. The third-order valence-electron chi connectivity index (χ3n) is 1.06. The Labute approximate surface area is 68.1 Å². The normalized spacial score (nSPS) is 9.55. The molecule has 0 aliphatic rings. The SMILES string of the molecule is CCOC(=O)c1sncc1N. The van der Waals surface area contributed by atoms with Crippen molar-refractivity contribution in [3.8, 4) is 0 Å². The molecule has 0 aromatic carbocycles. The average molecular weight is 172 g/mol. The molecule has 5 heteroatoms. The van der Waals surface area contributed by atoms with Gasteiger partial charge in [-0.25, -0.2) is 4.79 Å². The first kappa shape index (κ1) is 8.00. The molecular formula is C6H8N2O2S. The van der Waals surface area contributed by atoms with E-state index in [2.05, 4.69) is 4.37 Å². The third-order valence-corrected chi connectivity index (χ3v) is 1.85. The Kier molecular flexibility index (Phi) is 2.43. The lowest BCUT2D eigenvalue weighted by atomic mass is 10.4. The van der Waals surface area contributed by atoms with Gasteiger partial charge in [0, 0.05) is 0 Å². The van der Waals surface area contributed by atoms with E-state index in [0.717, 1.165) is 11.5 Å². The average Bonchev–Trinajstić information content (AvgIpc) is 2.36. The van der Waals surface area contributed by atoms with Crippen LogP contribution < -0.4 is 5.73 Å². The van der Waals surface area contributed by atoms with Gasteiger partial charge in [0.25, 0.3) is 0 Å². The van der Waals surface area contributed by atoms with Gasteiger partial charge >= 0.3 is 5.97 Å². The number of ether oxygens (including phenoxy) is 1. The minimum atomic E-state index is -0.396. The molecule has 1 heterocycles. The quantitative estimate of drug-likeness (QED) is 0.673. The number of hydrogen-bond acceptors (Lipinski definition) is 5. The predicted molar refractivity (Wildman–Crippen MR) is 42.5 cm³/mol. The van der Waals surface area contributed by atoms with Crippen LogP contribution in [0, 0.1) is 0 Å². The van der Waals surface area contributed by atoms with Crippen LogP contribution in [0.25, 0.3) is 0 Å². The maximum atomic E-state index is 11.0. The van der Waals surface area contributed by atoms with Gasteiger partial charge in [0.2, 0.25) is 0 Å². The summed E-state index contributed by atoms with van der Waals surface area (Å²) in [4.78, 5) is 11.4. The van der Waals surface area contributed by atoms with Crippen LogP contribution >= 0.6 is 11.5 Å². The van der Waals surface area contributed by atoms with Gasteiger partial charge < -0.3 is 10.5 Å². The number of nitrogens with two attached hydrogens (primary N) is 1. The highest BCUT2D eigenvalue weighted by molar-refractivity contribution is 7.08. The van der Waals surface area contributed by atoms with Gasteiger partial charge in [0.15, 0.2) is 4.88 Å². The van der Waals surface area contributed by atoms with Gasteiger partial charge in [-0.05, 0) is 18.5 Å². The monoisotopic (exact) mass is 172 g/mol. The summed E-state index contributed by atoms with van der Waals surface area (Å²) in [5.41, 5.74) is 5.80. The minimum Gasteiger partial charge on any atom is -0.462 e. The second kappa shape index (κ2) is 3.34. The first-order chi connectivity index (χ1) is 5.25. The van der Waals surface area contributed by atoms with E-state index in [0.29, 0.717) is 17.2 Å². The highest BCUT2D eigenvalue weighted by Gasteiger charge is 2.12. The summed E-state index contributed by atoms with van der Waals surface area (Å²) in [5, 5.41) is 0. The van der Waals surface area contributed by atoms with Gasteiger partial charge in [0.1, 0.15) is 0 Å². The summed E-state index contributed by atoms with van der Waals surface area (Å²) in [6.07, 6.45) is 1.44. The van der Waals surface area contributed by atoms with E-state index in [9.17, 15) is 4.79 Å². The van der Waals surface area contributed by atoms with Crippen LogP contribution in [0.15, 0.2) is 6.20 Å². The molecular weight excluding hydrogens is 164 g/mol. The molecule has 1 aromatic rings. The highest BCUT2D eigenvalue weighted by Crippen LogP contribution is 2.16. The summed E-state index contributed by atoms with van der Waals surface area (Å²) < 4.78 is 8.46. The van der Waals surface area contributed by atoms with Gasteiger partial charge in [-0.2, -0.15) is 4.37 Å². The second-order valence-electron chi connectivity index (χ2n) is 1.83. The van der Waals surface area contributed by atoms with Gasteiger partial charge in [-0.1, -0.05) is 0 Å². The Morgan fingerprint density at radius 1 is 1.91 bits per heavy atom. The minimum absolute atomic E-state index is 0.357. The van der Waals surface area contributed by atoms with Crippen molar-refractivity contribution in [3.63, 3.8) is 0 Å². The van der Waals surface area contributed by atoms with Gasteiger partial charge in [-0.15, -0.1) is 0 Å². The summed E-state index contributed by atoms with van der Waals surface area (Å²) in [6.45, 7) is 2.10. The Bertz CT molecular complexity index is 259. The maximum absolute atomic E-state index is 11.0. The molecule has 1 rings (SSSR count). The van der Waals surface area contributed by atoms with Crippen molar-refractivity contribution < 1.29 is 9.53 Å². The molecule has 0 bridgehead atoms. The van der Waals surface area contributed by atoms with Crippen molar-refractivity contribution in [3.05, 3.63) is 11.1 Å². The van der Waals surface area contributed by atoms with Crippen molar-refractivity contribution in [2.24, 2.45) is 0 Å². The molecule has 0 amide bonds. The van der Waals surface area contributed by atoms with Crippen molar-refractivity contribution in [2.45, 2.75) is 6.92 Å². The summed E-state index contributed by atoms with van der Waals surface area (Å²) in [6, 6.07) is 0. The smallest absolute Gasteiger partial charge is 0.352 e. The molecule has 0 aliphatic heterocycles. The molecule has 0 atom stereocenters. The Balaban J connectivity index is 2.76. The van der Waals surface area contributed by atoms with Gasteiger partial charge in [0.05, 0.1) is 18.5 Å². The molecule has 0 unspecified atom stereocenters. The molecule has 0 fully saturated rings. The first-order valence-corrected chi connectivity index (χ1v) is 3.90. The van der Waals surface area contributed by atoms with E-state index < -0.39 is 5.97 Å².